The van der Waals surface area contributed by atoms with Gasteiger partial charge < -0.3 is 24.6 Å². The van der Waals surface area contributed by atoms with Crippen molar-refractivity contribution < 1.29 is 32.3 Å². The molecule has 3 aromatic rings. The minimum Gasteiger partial charge on any atom is -0.495 e. The molecule has 16 heteroatoms. The molecule has 4 atom stereocenters. The van der Waals surface area contributed by atoms with Gasteiger partial charge in [0.15, 0.2) is 0 Å². The number of ether oxygens (including phenoxy) is 2. The first-order valence-corrected chi connectivity index (χ1v) is 19.5. The number of likely N-dealkylation sites (N-methyl/N-ethyl adjacent to an activating group) is 1. The van der Waals surface area contributed by atoms with E-state index in [1.165, 1.54) is 23.3 Å². The van der Waals surface area contributed by atoms with Gasteiger partial charge in [0.25, 0.3) is 5.91 Å². The summed E-state index contributed by atoms with van der Waals surface area (Å²) in [5.41, 5.74) is 0.400. The number of allylic oxidation sites excluding steroid dienone is 1. The molecule has 1 aromatic carbocycles. The Morgan fingerprint density at radius 2 is 1.98 bits per heavy atom. The molecule has 0 bridgehead atoms. The van der Waals surface area contributed by atoms with Crippen LogP contribution in [0, 0.1) is 12.8 Å². The summed E-state index contributed by atoms with van der Waals surface area (Å²) in [4.78, 5) is 54.0. The Morgan fingerprint density at radius 1 is 1.18 bits per heavy atom. The molecule has 7 rings (SSSR count). The van der Waals surface area contributed by atoms with Gasteiger partial charge in [-0.15, -0.1) is 11.3 Å². The highest BCUT2D eigenvalue weighted by molar-refractivity contribution is 7.91. The standard InChI is InChI=1S/C34H39ClN6O7S2/c1-19-18-49-30(36-19)24-15-27(23-11-12-26(47-3)28(35)29(23)37-24)48-21-14-25-31(42)40(2)13-7-5-4-6-8-20-16-34(20,38-33(44)41(25)17-21)32(43)39-50(45,46)22-9-10-22/h6,8,11-12,15,18,20-22,25H,4-5,7,9-10,13-14,16-17H2,1-3H3,(H,38,44)(H,39,43)/b8-6-/t20-,21-,25-,34+/m0/s1. The molecule has 3 fully saturated rings. The Morgan fingerprint density at radius 3 is 2.70 bits per heavy atom. The van der Waals surface area contributed by atoms with Gasteiger partial charge in [0, 0.05) is 48.5 Å². The van der Waals surface area contributed by atoms with Gasteiger partial charge in [-0.2, -0.15) is 0 Å². The Hall–Kier alpha value is -3.95. The molecule has 4 amide bonds. The van der Waals surface area contributed by atoms with Crippen LogP contribution in [0.25, 0.3) is 21.6 Å². The van der Waals surface area contributed by atoms with Gasteiger partial charge in [-0.25, -0.2) is 23.2 Å². The predicted molar refractivity (Wildman–Crippen MR) is 189 cm³/mol. The van der Waals surface area contributed by atoms with Crippen molar-refractivity contribution in [3.63, 3.8) is 0 Å². The zero-order chi connectivity index (χ0) is 35.4. The quantitative estimate of drug-likeness (QED) is 0.334. The Balaban J connectivity index is 1.21. The van der Waals surface area contributed by atoms with Gasteiger partial charge in [-0.3, -0.25) is 14.3 Å². The number of hydrogen-bond acceptors (Lipinski definition) is 10. The maximum Gasteiger partial charge on any atom is 0.319 e. The van der Waals surface area contributed by atoms with E-state index < -0.39 is 44.9 Å². The zero-order valence-electron chi connectivity index (χ0n) is 28.0. The van der Waals surface area contributed by atoms with Crippen molar-refractivity contribution in [3.05, 3.63) is 46.4 Å². The van der Waals surface area contributed by atoms with Crippen LogP contribution < -0.4 is 19.5 Å². The van der Waals surface area contributed by atoms with Gasteiger partial charge in [0.2, 0.25) is 15.9 Å². The maximum absolute atomic E-state index is 14.1. The summed E-state index contributed by atoms with van der Waals surface area (Å²) in [5.74, 6) is -0.483. The van der Waals surface area contributed by atoms with Crippen molar-refractivity contribution in [2.45, 2.75) is 74.8 Å². The van der Waals surface area contributed by atoms with E-state index >= 15 is 0 Å². The van der Waals surface area contributed by atoms with Crippen LogP contribution in [-0.4, -0.2) is 96.2 Å². The van der Waals surface area contributed by atoms with E-state index in [0.717, 1.165) is 25.0 Å². The van der Waals surface area contributed by atoms with Crippen molar-refractivity contribution in [1.29, 1.82) is 0 Å². The molecule has 4 heterocycles. The second-order valence-corrected chi connectivity index (χ2v) is 16.7. The summed E-state index contributed by atoms with van der Waals surface area (Å²) in [7, 11) is -0.604. The van der Waals surface area contributed by atoms with E-state index in [-0.39, 0.29) is 31.2 Å². The first kappa shape index (κ1) is 34.5. The zero-order valence-corrected chi connectivity index (χ0v) is 30.4. The van der Waals surface area contributed by atoms with Crippen molar-refractivity contribution in [2.75, 3.05) is 27.2 Å². The molecule has 0 unspecified atom stereocenters. The SMILES string of the molecule is COc1ccc2c(O[C@H]3C[C@H]4C(=O)N(C)CCCC/C=C\[C@H]5C[C@@]5(C(=O)NS(=O)(=O)C5CC5)NC(=O)N4C3)cc(-c3nc(C)cs3)nc2c1Cl. The van der Waals surface area contributed by atoms with Crippen LogP contribution in [-0.2, 0) is 19.6 Å². The average Bonchev–Trinajstić information content (AvgIpc) is 3.97. The molecule has 266 valence electrons. The number of nitrogens with zero attached hydrogens (tertiary/aromatic N) is 4. The highest BCUT2D eigenvalue weighted by atomic mass is 35.5. The molecule has 2 saturated carbocycles. The van der Waals surface area contributed by atoms with E-state index in [1.54, 1.807) is 30.1 Å². The number of nitrogens with one attached hydrogen (secondary N) is 2. The van der Waals surface area contributed by atoms with Crippen LogP contribution in [0.4, 0.5) is 4.79 Å². The number of sulfonamides is 1. The summed E-state index contributed by atoms with van der Waals surface area (Å²) >= 11 is 8.17. The lowest BCUT2D eigenvalue weighted by Gasteiger charge is -2.30. The van der Waals surface area contributed by atoms with Crippen LogP contribution in [0.15, 0.2) is 35.7 Å². The molecular weight excluding hydrogens is 704 g/mol. The van der Waals surface area contributed by atoms with E-state index in [9.17, 15) is 22.8 Å². The first-order chi connectivity index (χ1) is 23.9. The summed E-state index contributed by atoms with van der Waals surface area (Å²) < 4.78 is 39.8. The lowest BCUT2D eigenvalue weighted by atomic mass is 10.1. The predicted octanol–water partition coefficient (Wildman–Crippen LogP) is 4.43. The van der Waals surface area contributed by atoms with E-state index in [2.05, 4.69) is 15.0 Å². The van der Waals surface area contributed by atoms with E-state index in [1.807, 2.05) is 24.5 Å². The van der Waals surface area contributed by atoms with Crippen molar-refractivity contribution in [3.8, 4) is 22.2 Å². The summed E-state index contributed by atoms with van der Waals surface area (Å²) in [5, 5.41) is 5.79. The van der Waals surface area contributed by atoms with Gasteiger partial charge in [0.1, 0.15) is 44.9 Å². The molecule has 50 heavy (non-hydrogen) atoms. The van der Waals surface area contributed by atoms with Gasteiger partial charge in [0.05, 0.1) is 24.4 Å². The number of benzene rings is 1. The molecule has 4 aliphatic rings. The number of aromatic nitrogens is 2. The number of pyridine rings is 1. The highest BCUT2D eigenvalue weighted by Gasteiger charge is 2.62. The number of fused-ring (bicyclic) bond motifs is 3. The number of rotatable bonds is 7. The van der Waals surface area contributed by atoms with Crippen LogP contribution in [0.5, 0.6) is 11.5 Å². The highest BCUT2D eigenvalue weighted by Crippen LogP contribution is 2.46. The largest absolute Gasteiger partial charge is 0.495 e. The first-order valence-electron chi connectivity index (χ1n) is 16.7. The second kappa shape index (κ2) is 13.3. The van der Waals surface area contributed by atoms with Crippen molar-refractivity contribution in [2.24, 2.45) is 5.92 Å². The minimum atomic E-state index is -3.85. The lowest BCUT2D eigenvalue weighted by Crippen LogP contribution is -2.57. The Labute approximate surface area is 299 Å². The number of thiazole rings is 1. The Bertz CT molecular complexity index is 2000. The molecule has 13 nitrogen and oxygen atoms in total. The summed E-state index contributed by atoms with van der Waals surface area (Å²) in [6, 6.07) is 3.79. The summed E-state index contributed by atoms with van der Waals surface area (Å²) in [6.07, 6.45) is 6.96. The monoisotopic (exact) mass is 742 g/mol. The third kappa shape index (κ3) is 6.62. The van der Waals surface area contributed by atoms with Crippen molar-refractivity contribution >= 4 is 61.7 Å². The van der Waals surface area contributed by atoms with Gasteiger partial charge >= 0.3 is 6.03 Å². The second-order valence-electron chi connectivity index (χ2n) is 13.5. The fourth-order valence-electron chi connectivity index (χ4n) is 6.73. The third-order valence-corrected chi connectivity index (χ3v) is 13.0. The fourth-order valence-corrected chi connectivity index (χ4v) is 9.13. The molecule has 1 saturated heterocycles. The van der Waals surface area contributed by atoms with Gasteiger partial charge in [-0.05, 0) is 57.6 Å². The third-order valence-electron chi connectivity index (χ3n) is 9.81. The van der Waals surface area contributed by atoms with Crippen molar-refractivity contribution in [1.82, 2.24) is 29.8 Å². The number of amides is 4. The minimum absolute atomic E-state index is 0.0358. The Kier molecular flexibility index (Phi) is 9.18. The molecule has 2 N–H and O–H groups in total. The number of halogens is 1. The van der Waals surface area contributed by atoms with Crippen LogP contribution in [0.3, 0.4) is 0 Å². The number of urea groups is 1. The van der Waals surface area contributed by atoms with Gasteiger partial charge in [-0.1, -0.05) is 23.8 Å². The van der Waals surface area contributed by atoms with Crippen LogP contribution in [0.1, 0.15) is 50.6 Å². The van der Waals surface area contributed by atoms with E-state index in [4.69, 9.17) is 26.1 Å². The topological polar surface area (TPSA) is 160 Å². The number of carbonyl (C=O) groups excluding carboxylic acids is 3. The lowest BCUT2D eigenvalue weighted by molar-refractivity contribution is -0.134. The molecule has 2 aromatic heterocycles. The maximum atomic E-state index is 14.1. The number of methoxy groups -OCH3 is 1. The van der Waals surface area contributed by atoms with Crippen LogP contribution >= 0.6 is 22.9 Å². The smallest absolute Gasteiger partial charge is 0.319 e. The number of carbonyl (C=O) groups is 3. The average molecular weight is 743 g/mol. The molecular formula is C34H39ClN6O7S2. The van der Waals surface area contributed by atoms with Crippen LogP contribution in [0.2, 0.25) is 5.02 Å². The normalized spacial score (nSPS) is 26.4. The number of hydrogen-bond donors (Lipinski definition) is 2. The molecule has 0 spiro atoms. The summed E-state index contributed by atoms with van der Waals surface area (Å²) in [6.45, 7) is 2.45. The molecule has 2 aliphatic heterocycles. The molecule has 0 radical (unpaired) electrons. The fraction of sp³-hybridized carbons (Fsp3) is 0.500. The molecule has 2 aliphatic carbocycles. The van der Waals surface area contributed by atoms with E-state index in [0.29, 0.717) is 57.5 Å². The number of aryl methyl sites for hydroxylation is 1.